The molecule has 0 aromatic heterocycles. The van der Waals surface area contributed by atoms with Crippen molar-refractivity contribution in [3.05, 3.63) is 4.13 Å². The standard InChI is InChI=1S/C6H16NO.CF4NO4S2/c1-4-7(2,3)5-6-8;2-1(3,4)11(7,8)6-12(5,9)10/h8H,4-6H2,1-3H3;/q+1;-1. The third kappa shape index (κ3) is 10.3. The van der Waals surface area contributed by atoms with Crippen LogP contribution >= 0.6 is 0 Å². The maximum absolute atomic E-state index is 11.3. The van der Waals surface area contributed by atoms with Gasteiger partial charge in [-0.3, -0.25) is 0 Å². The summed E-state index contributed by atoms with van der Waals surface area (Å²) in [7, 11) is -8.13. The molecule has 7 nitrogen and oxygen atoms in total. The SMILES string of the molecule is CC[N+](C)(C)CCO.O=S(=O)(F)[N-]S(=O)(=O)C(F)(F)F. The lowest BCUT2D eigenvalue weighted by atomic mass is 10.5. The molecule has 0 fully saturated rings. The number of likely N-dealkylation sites (N-methyl/N-ethyl adjacent to an activating group) is 1. The van der Waals surface area contributed by atoms with Gasteiger partial charge in [-0.1, -0.05) is 0 Å². The smallest absolute Gasteiger partial charge is 0.400 e. The van der Waals surface area contributed by atoms with Crippen molar-refractivity contribution < 1.29 is 43.5 Å². The van der Waals surface area contributed by atoms with Gasteiger partial charge in [0.2, 0.25) is 10.4 Å². The molecular weight excluding hydrogens is 332 g/mol. The molecule has 0 rings (SSSR count). The summed E-state index contributed by atoms with van der Waals surface area (Å²) in [5, 5.41) is 8.52. The van der Waals surface area contributed by atoms with Gasteiger partial charge in [-0.25, -0.2) is 16.8 Å². The summed E-state index contributed by atoms with van der Waals surface area (Å²) in [6, 6.07) is 0. The zero-order valence-corrected chi connectivity index (χ0v) is 12.6. The maximum Gasteiger partial charge on any atom is 0.480 e. The highest BCUT2D eigenvalue weighted by molar-refractivity contribution is 8.10. The van der Waals surface area contributed by atoms with Crippen LogP contribution in [-0.4, -0.2) is 65.7 Å². The van der Waals surface area contributed by atoms with Gasteiger partial charge in [-0.2, -0.15) is 13.2 Å². The first-order valence-electron chi connectivity index (χ1n) is 5.01. The van der Waals surface area contributed by atoms with Crippen molar-refractivity contribution in [1.82, 2.24) is 0 Å². The molecule has 0 aliphatic rings. The third-order valence-corrected chi connectivity index (χ3v) is 4.12. The van der Waals surface area contributed by atoms with Crippen LogP contribution in [0, 0.1) is 0 Å². The molecule has 0 saturated carbocycles. The van der Waals surface area contributed by atoms with Gasteiger partial charge in [0, 0.05) is 0 Å². The molecule has 124 valence electrons. The molecule has 0 aromatic rings. The highest BCUT2D eigenvalue weighted by atomic mass is 32.3. The molecule has 0 heterocycles. The van der Waals surface area contributed by atoms with Gasteiger partial charge in [-0.15, -0.1) is 3.89 Å². The van der Waals surface area contributed by atoms with Crippen LogP contribution < -0.4 is 0 Å². The van der Waals surface area contributed by atoms with Crippen LogP contribution in [0.1, 0.15) is 6.92 Å². The minimum absolute atomic E-state index is 0.292. The molecular formula is C7H16F4N2O5S2. The lowest BCUT2D eigenvalue weighted by molar-refractivity contribution is -0.888. The van der Waals surface area contributed by atoms with E-state index in [4.69, 9.17) is 5.11 Å². The van der Waals surface area contributed by atoms with E-state index in [-0.39, 0.29) is 0 Å². The highest BCUT2D eigenvalue weighted by Crippen LogP contribution is 2.30. The fourth-order valence-corrected chi connectivity index (χ4v) is 1.86. The second kappa shape index (κ2) is 7.49. The number of hydrogen-bond acceptors (Lipinski definition) is 5. The fourth-order valence-electron chi connectivity index (χ4n) is 0.588. The van der Waals surface area contributed by atoms with E-state index in [9.17, 15) is 33.9 Å². The Morgan fingerprint density at radius 1 is 1.15 bits per heavy atom. The Balaban J connectivity index is 0. The molecule has 13 heteroatoms. The lowest BCUT2D eigenvalue weighted by Gasteiger charge is -2.26. The fraction of sp³-hybridized carbons (Fsp3) is 1.00. The van der Waals surface area contributed by atoms with E-state index < -0.39 is 25.9 Å². The first-order valence-corrected chi connectivity index (χ1v) is 7.79. The molecule has 0 atom stereocenters. The number of halogens is 4. The van der Waals surface area contributed by atoms with E-state index in [1.807, 2.05) is 0 Å². The normalized spacial score (nSPS) is 13.6. The number of nitrogens with zero attached hydrogens (tertiary/aromatic N) is 2. The number of alkyl halides is 3. The molecule has 20 heavy (non-hydrogen) atoms. The van der Waals surface area contributed by atoms with Crippen LogP contribution in [0.25, 0.3) is 4.13 Å². The summed E-state index contributed by atoms with van der Waals surface area (Å²) in [6.07, 6.45) is 0. The second-order valence-electron chi connectivity index (χ2n) is 4.11. The van der Waals surface area contributed by atoms with Crippen molar-refractivity contribution >= 4 is 20.4 Å². The Morgan fingerprint density at radius 3 is 1.65 bits per heavy atom. The maximum atomic E-state index is 11.3. The number of quaternary nitrogens is 1. The minimum Gasteiger partial charge on any atom is -0.400 e. The number of aliphatic hydroxyl groups excluding tert-OH is 1. The topological polar surface area (TPSA) is 103 Å². The van der Waals surface area contributed by atoms with Gasteiger partial charge in [0.25, 0.3) is 0 Å². The molecule has 0 aromatic carbocycles. The predicted molar refractivity (Wildman–Crippen MR) is 63.0 cm³/mol. The van der Waals surface area contributed by atoms with E-state index in [1.165, 1.54) is 0 Å². The van der Waals surface area contributed by atoms with E-state index in [0.29, 0.717) is 6.61 Å². The molecule has 0 amide bonds. The summed E-state index contributed by atoms with van der Waals surface area (Å²) in [5.41, 5.74) is -5.91. The van der Waals surface area contributed by atoms with Gasteiger partial charge in [0.15, 0.2) is 10.0 Å². The number of rotatable bonds is 5. The van der Waals surface area contributed by atoms with Gasteiger partial charge in [0.1, 0.15) is 6.54 Å². The van der Waals surface area contributed by atoms with Gasteiger partial charge >= 0.3 is 5.51 Å². The van der Waals surface area contributed by atoms with Crippen LogP contribution in [0.5, 0.6) is 0 Å². The van der Waals surface area contributed by atoms with Crippen molar-refractivity contribution in [3.8, 4) is 0 Å². The number of sulfonamides is 1. The van der Waals surface area contributed by atoms with Crippen molar-refractivity contribution in [1.29, 1.82) is 0 Å². The Hall–Kier alpha value is -0.500. The van der Waals surface area contributed by atoms with E-state index in [2.05, 4.69) is 21.0 Å². The van der Waals surface area contributed by atoms with Crippen LogP contribution in [0.3, 0.4) is 0 Å². The second-order valence-corrected chi connectivity index (χ2v) is 6.94. The Labute approximate surface area is 115 Å². The average Bonchev–Trinajstić information content (AvgIpc) is 2.13. The van der Waals surface area contributed by atoms with Crippen LogP contribution in [-0.2, 0) is 20.4 Å². The van der Waals surface area contributed by atoms with Crippen molar-refractivity contribution in [2.24, 2.45) is 0 Å². The Bertz CT molecular complexity index is 486. The van der Waals surface area contributed by atoms with E-state index in [1.54, 1.807) is 0 Å². The van der Waals surface area contributed by atoms with Crippen LogP contribution in [0.2, 0.25) is 0 Å². The van der Waals surface area contributed by atoms with Crippen molar-refractivity contribution in [2.45, 2.75) is 12.4 Å². The highest BCUT2D eigenvalue weighted by Gasteiger charge is 2.40. The summed E-state index contributed by atoms with van der Waals surface area (Å²) < 4.78 is 85.2. The molecule has 0 aliphatic heterocycles. The van der Waals surface area contributed by atoms with E-state index >= 15 is 0 Å². The summed E-state index contributed by atoms with van der Waals surface area (Å²) >= 11 is 0. The number of aliphatic hydroxyl groups is 1. The summed E-state index contributed by atoms with van der Waals surface area (Å²) in [4.78, 5) is 0. The van der Waals surface area contributed by atoms with Crippen molar-refractivity contribution in [2.75, 3.05) is 33.8 Å². The van der Waals surface area contributed by atoms with Crippen molar-refractivity contribution in [3.63, 3.8) is 0 Å². The van der Waals surface area contributed by atoms with E-state index in [0.717, 1.165) is 21.7 Å². The van der Waals surface area contributed by atoms with Gasteiger partial charge < -0.3 is 13.7 Å². The minimum atomic E-state index is -6.29. The van der Waals surface area contributed by atoms with Gasteiger partial charge in [0.05, 0.1) is 27.2 Å². The molecule has 0 bridgehead atoms. The quantitative estimate of drug-likeness (QED) is 0.443. The number of hydrogen-bond donors (Lipinski definition) is 1. The van der Waals surface area contributed by atoms with Gasteiger partial charge in [-0.05, 0) is 6.92 Å². The molecule has 0 aliphatic carbocycles. The lowest BCUT2D eigenvalue weighted by Crippen LogP contribution is -2.41. The van der Waals surface area contributed by atoms with Crippen LogP contribution in [0.4, 0.5) is 17.1 Å². The zero-order chi connectivity index (χ0) is 16.8. The van der Waals surface area contributed by atoms with Crippen LogP contribution in [0.15, 0.2) is 0 Å². The monoisotopic (exact) mass is 348 g/mol. The largest absolute Gasteiger partial charge is 0.480 e. The first-order chi connectivity index (χ1) is 8.58. The Morgan fingerprint density at radius 2 is 1.55 bits per heavy atom. The summed E-state index contributed by atoms with van der Waals surface area (Å²) in [6.45, 7) is 4.35. The average molecular weight is 348 g/mol. The Kier molecular flexibility index (Phi) is 8.16. The molecule has 1 N–H and O–H groups in total. The molecule has 0 radical (unpaired) electrons. The summed E-state index contributed by atoms with van der Waals surface area (Å²) in [5.74, 6) is 0. The molecule has 0 unspecified atom stereocenters. The molecule has 0 saturated heterocycles. The third-order valence-electron chi connectivity index (χ3n) is 2.04. The molecule has 0 spiro atoms. The predicted octanol–water partition coefficient (Wildman–Crippen LogP) is 0.499. The zero-order valence-electron chi connectivity index (χ0n) is 10.9. The first kappa shape index (κ1) is 21.8.